The van der Waals surface area contributed by atoms with E-state index in [0.717, 1.165) is 26.4 Å². The number of aromatic nitrogens is 2. The van der Waals surface area contributed by atoms with Crippen LogP contribution in [0, 0.1) is 13.8 Å². The quantitative estimate of drug-likeness (QED) is 0.642. The summed E-state index contributed by atoms with van der Waals surface area (Å²) in [5.74, 6) is 0.277. The summed E-state index contributed by atoms with van der Waals surface area (Å²) in [5, 5.41) is 7.20. The number of anilines is 2. The molecule has 0 saturated heterocycles. The van der Waals surface area contributed by atoms with Crippen molar-refractivity contribution < 1.29 is 4.79 Å². The minimum atomic E-state index is -0.0528. The molecule has 0 aliphatic carbocycles. The highest BCUT2D eigenvalue weighted by atomic mass is 79.9. The van der Waals surface area contributed by atoms with Gasteiger partial charge in [0.25, 0.3) is 0 Å². The molecule has 21 heavy (non-hydrogen) atoms. The van der Waals surface area contributed by atoms with E-state index in [1.165, 1.54) is 11.8 Å². The van der Waals surface area contributed by atoms with E-state index < -0.39 is 0 Å². The lowest BCUT2D eigenvalue weighted by Gasteiger charge is -2.07. The van der Waals surface area contributed by atoms with Gasteiger partial charge in [0.1, 0.15) is 0 Å². The van der Waals surface area contributed by atoms with Gasteiger partial charge in [0.2, 0.25) is 5.91 Å². The highest BCUT2D eigenvalue weighted by molar-refractivity contribution is 9.10. The Bertz CT molecular complexity index is 684. The summed E-state index contributed by atoms with van der Waals surface area (Å²) in [6, 6.07) is 5.55. The maximum absolute atomic E-state index is 12.1. The molecular weight excluding hydrogens is 352 g/mol. The minimum Gasteiger partial charge on any atom is -0.399 e. The van der Waals surface area contributed by atoms with Crippen LogP contribution in [0.15, 0.2) is 27.6 Å². The van der Waals surface area contributed by atoms with E-state index in [2.05, 4.69) is 26.3 Å². The first-order valence-electron chi connectivity index (χ1n) is 6.36. The molecule has 1 heterocycles. The number of halogens is 1. The molecular formula is C14H17BrN4OS. The fraction of sp³-hybridized carbons (Fsp3) is 0.286. The summed E-state index contributed by atoms with van der Waals surface area (Å²) < 4.78 is 2.66. The average Bonchev–Trinajstić information content (AvgIpc) is 2.64. The summed E-state index contributed by atoms with van der Waals surface area (Å²) in [6.07, 6.45) is 0. The van der Waals surface area contributed by atoms with Crippen LogP contribution in [0.25, 0.3) is 0 Å². The van der Waals surface area contributed by atoms with E-state index in [0.29, 0.717) is 11.4 Å². The summed E-state index contributed by atoms with van der Waals surface area (Å²) in [5.41, 5.74) is 8.94. The van der Waals surface area contributed by atoms with Crippen molar-refractivity contribution in [2.75, 3.05) is 16.8 Å². The number of carbonyl (C=O) groups is 1. The van der Waals surface area contributed by atoms with Gasteiger partial charge in [-0.1, -0.05) is 0 Å². The van der Waals surface area contributed by atoms with E-state index in [1.54, 1.807) is 4.68 Å². The molecule has 1 aromatic carbocycles. The minimum absolute atomic E-state index is 0.0528. The first-order valence-corrected chi connectivity index (χ1v) is 8.14. The molecule has 1 amide bonds. The van der Waals surface area contributed by atoms with Gasteiger partial charge >= 0.3 is 0 Å². The molecule has 0 aliphatic heterocycles. The van der Waals surface area contributed by atoms with Crippen molar-refractivity contribution in [1.82, 2.24) is 9.78 Å². The summed E-state index contributed by atoms with van der Waals surface area (Å²) in [6.45, 7) is 3.81. The molecule has 112 valence electrons. The number of thioether (sulfide) groups is 1. The smallest absolute Gasteiger partial charge is 0.234 e. The number of nitrogens with two attached hydrogens (primary N) is 1. The number of hydrogen-bond acceptors (Lipinski definition) is 4. The van der Waals surface area contributed by atoms with E-state index in [9.17, 15) is 4.79 Å². The number of benzene rings is 1. The fourth-order valence-electron chi connectivity index (χ4n) is 1.91. The monoisotopic (exact) mass is 368 g/mol. The van der Waals surface area contributed by atoms with Gasteiger partial charge in [-0.15, -0.1) is 11.8 Å². The Morgan fingerprint density at radius 1 is 1.48 bits per heavy atom. The number of carbonyl (C=O) groups excluding carboxylic acids is 1. The van der Waals surface area contributed by atoms with Crippen molar-refractivity contribution >= 4 is 45.0 Å². The van der Waals surface area contributed by atoms with E-state index >= 15 is 0 Å². The number of hydrogen-bond donors (Lipinski definition) is 2. The van der Waals surface area contributed by atoms with Crippen LogP contribution in [-0.2, 0) is 11.8 Å². The topological polar surface area (TPSA) is 72.9 Å². The standard InChI is InChI=1S/C14H17BrN4OS/c1-8-14(9(2)19(3)18-8)17-13(20)7-21-12-5-4-10(16)6-11(12)15/h4-6H,7,16H2,1-3H3,(H,17,20). The van der Waals surface area contributed by atoms with E-state index in [-0.39, 0.29) is 5.91 Å². The molecule has 0 unspecified atom stereocenters. The van der Waals surface area contributed by atoms with Gasteiger partial charge in [-0.05, 0) is 48.0 Å². The Kier molecular flexibility index (Phi) is 4.95. The Balaban J connectivity index is 1.99. The summed E-state index contributed by atoms with van der Waals surface area (Å²) in [4.78, 5) is 13.1. The Morgan fingerprint density at radius 3 is 2.76 bits per heavy atom. The summed E-state index contributed by atoms with van der Waals surface area (Å²) >= 11 is 4.90. The molecule has 0 radical (unpaired) electrons. The lowest BCUT2D eigenvalue weighted by molar-refractivity contribution is -0.113. The third-order valence-corrected chi connectivity index (χ3v) is 5.08. The van der Waals surface area contributed by atoms with Gasteiger partial charge in [-0.2, -0.15) is 5.10 Å². The van der Waals surface area contributed by atoms with E-state index in [1.807, 2.05) is 39.1 Å². The zero-order valence-corrected chi connectivity index (χ0v) is 14.5. The molecule has 5 nitrogen and oxygen atoms in total. The number of rotatable bonds is 4. The van der Waals surface area contributed by atoms with Crippen molar-refractivity contribution in [1.29, 1.82) is 0 Å². The number of amides is 1. The van der Waals surface area contributed by atoms with Gasteiger partial charge in [0, 0.05) is 22.1 Å². The molecule has 2 aromatic rings. The van der Waals surface area contributed by atoms with Crippen LogP contribution < -0.4 is 11.1 Å². The lowest BCUT2D eigenvalue weighted by Crippen LogP contribution is -2.15. The number of nitrogen functional groups attached to an aromatic ring is 1. The SMILES string of the molecule is Cc1nn(C)c(C)c1NC(=O)CSc1ccc(N)cc1Br. The third-order valence-electron chi connectivity index (χ3n) is 3.09. The molecule has 7 heteroatoms. The fourth-order valence-corrected chi connectivity index (χ4v) is 3.37. The second-order valence-corrected chi connectivity index (χ2v) is 6.57. The third kappa shape index (κ3) is 3.79. The zero-order valence-electron chi connectivity index (χ0n) is 12.1. The largest absolute Gasteiger partial charge is 0.399 e. The van der Waals surface area contributed by atoms with Crippen molar-refractivity contribution in [3.8, 4) is 0 Å². The zero-order chi connectivity index (χ0) is 15.6. The van der Waals surface area contributed by atoms with E-state index in [4.69, 9.17) is 5.73 Å². The maximum atomic E-state index is 12.1. The van der Waals surface area contributed by atoms with Crippen LogP contribution in [0.5, 0.6) is 0 Å². The van der Waals surface area contributed by atoms with Gasteiger partial charge in [-0.25, -0.2) is 0 Å². The van der Waals surface area contributed by atoms with Gasteiger partial charge in [0.05, 0.1) is 22.8 Å². The lowest BCUT2D eigenvalue weighted by atomic mass is 10.3. The Hall–Kier alpha value is -1.47. The molecule has 2 rings (SSSR count). The van der Waals surface area contributed by atoms with Crippen LogP contribution in [-0.4, -0.2) is 21.4 Å². The predicted octanol–water partition coefficient (Wildman–Crippen LogP) is 3.11. The normalized spacial score (nSPS) is 10.7. The van der Waals surface area contributed by atoms with Crippen molar-refractivity contribution in [3.05, 3.63) is 34.1 Å². The summed E-state index contributed by atoms with van der Waals surface area (Å²) in [7, 11) is 1.86. The molecule has 0 atom stereocenters. The van der Waals surface area contributed by atoms with Crippen molar-refractivity contribution in [2.24, 2.45) is 7.05 Å². The van der Waals surface area contributed by atoms with Gasteiger partial charge in [0.15, 0.2) is 0 Å². The number of nitrogens with zero attached hydrogens (tertiary/aromatic N) is 2. The van der Waals surface area contributed by atoms with Crippen LogP contribution in [0.3, 0.4) is 0 Å². The second kappa shape index (κ2) is 6.53. The predicted molar refractivity (Wildman–Crippen MR) is 90.6 cm³/mol. The average molecular weight is 369 g/mol. The van der Waals surface area contributed by atoms with Crippen molar-refractivity contribution in [2.45, 2.75) is 18.7 Å². The molecule has 0 saturated carbocycles. The number of nitrogens with one attached hydrogen (secondary N) is 1. The van der Waals surface area contributed by atoms with Crippen LogP contribution >= 0.6 is 27.7 Å². The van der Waals surface area contributed by atoms with Gasteiger partial charge < -0.3 is 11.1 Å². The number of aryl methyl sites for hydroxylation is 2. The van der Waals surface area contributed by atoms with Crippen molar-refractivity contribution in [3.63, 3.8) is 0 Å². The molecule has 1 aromatic heterocycles. The Labute approximate surface area is 136 Å². The molecule has 0 bridgehead atoms. The first-order chi connectivity index (χ1) is 9.88. The maximum Gasteiger partial charge on any atom is 0.234 e. The molecule has 3 N–H and O–H groups in total. The van der Waals surface area contributed by atoms with Crippen LogP contribution in [0.2, 0.25) is 0 Å². The first kappa shape index (κ1) is 15.9. The molecule has 0 aliphatic rings. The highest BCUT2D eigenvalue weighted by Crippen LogP contribution is 2.29. The highest BCUT2D eigenvalue weighted by Gasteiger charge is 2.13. The molecule has 0 spiro atoms. The Morgan fingerprint density at radius 2 is 2.19 bits per heavy atom. The van der Waals surface area contributed by atoms with Gasteiger partial charge in [-0.3, -0.25) is 9.48 Å². The van der Waals surface area contributed by atoms with Crippen LogP contribution in [0.4, 0.5) is 11.4 Å². The van der Waals surface area contributed by atoms with Crippen LogP contribution in [0.1, 0.15) is 11.4 Å². The second-order valence-electron chi connectivity index (χ2n) is 4.70. The molecule has 0 fully saturated rings.